The van der Waals surface area contributed by atoms with Gasteiger partial charge in [-0.3, -0.25) is 5.10 Å². The van der Waals surface area contributed by atoms with Crippen LogP contribution in [0.3, 0.4) is 0 Å². The van der Waals surface area contributed by atoms with Crippen LogP contribution in [0.5, 0.6) is 0 Å². The smallest absolute Gasteiger partial charge is 0.267 e. The fraction of sp³-hybridized carbons (Fsp3) is 0.462. The Morgan fingerprint density at radius 2 is 1.91 bits per heavy atom. The van der Waals surface area contributed by atoms with E-state index in [0.29, 0.717) is 11.5 Å². The Hall–Kier alpha value is -2.29. The Bertz CT molecular complexity index is 608. The second kappa shape index (κ2) is 7.12. The molecule has 0 amide bonds. The maximum Gasteiger partial charge on any atom is 0.267 e. The zero-order chi connectivity index (χ0) is 16.1. The minimum atomic E-state index is -2.62. The molecule has 9 heteroatoms. The number of hydrogen-bond donors (Lipinski definition) is 3. The summed E-state index contributed by atoms with van der Waals surface area (Å²) in [5, 5.41) is 6.21. The van der Waals surface area contributed by atoms with E-state index in [1.165, 1.54) is 7.05 Å². The molecular weight excluding hydrogens is 292 g/mol. The normalized spacial score (nSPS) is 14.1. The summed E-state index contributed by atoms with van der Waals surface area (Å²) >= 11 is 0. The second-order valence-corrected chi connectivity index (χ2v) is 4.66. The first kappa shape index (κ1) is 16.1. The number of nitrogens with one attached hydrogen (secondary N) is 1. The van der Waals surface area contributed by atoms with E-state index >= 15 is 0 Å². The van der Waals surface area contributed by atoms with Crippen molar-refractivity contribution in [3.63, 3.8) is 0 Å². The van der Waals surface area contributed by atoms with Crippen molar-refractivity contribution in [2.75, 3.05) is 30.8 Å². The highest BCUT2D eigenvalue weighted by Gasteiger charge is 2.20. The molecule has 0 bridgehead atoms. The molecule has 22 heavy (non-hydrogen) atoms. The summed E-state index contributed by atoms with van der Waals surface area (Å²) in [6, 6.07) is 1.67. The van der Waals surface area contributed by atoms with Crippen LogP contribution < -0.4 is 16.4 Å². The van der Waals surface area contributed by atoms with Gasteiger partial charge in [0.2, 0.25) is 5.95 Å². The fourth-order valence-electron chi connectivity index (χ4n) is 2.35. The molecule has 0 saturated carbocycles. The van der Waals surface area contributed by atoms with Gasteiger partial charge in [-0.15, -0.1) is 0 Å². The van der Waals surface area contributed by atoms with Gasteiger partial charge in [0.1, 0.15) is 5.82 Å². The molecule has 7 nitrogen and oxygen atoms in total. The third kappa shape index (κ3) is 3.30. The van der Waals surface area contributed by atoms with Crippen molar-refractivity contribution in [3.8, 4) is 11.4 Å². The Labute approximate surface area is 126 Å². The fourth-order valence-corrected chi connectivity index (χ4v) is 2.35. The first-order chi connectivity index (χ1) is 10.6. The van der Waals surface area contributed by atoms with Gasteiger partial charge in [0.25, 0.3) is 6.43 Å². The monoisotopic (exact) mass is 311 g/mol. The molecule has 0 aromatic carbocycles. The molecule has 0 unspecified atom stereocenters. The molecule has 1 fully saturated rings. The van der Waals surface area contributed by atoms with E-state index in [0.717, 1.165) is 32.1 Å². The van der Waals surface area contributed by atoms with Gasteiger partial charge < -0.3 is 16.4 Å². The third-order valence-electron chi connectivity index (χ3n) is 3.32. The van der Waals surface area contributed by atoms with Crippen LogP contribution in [0.1, 0.15) is 24.8 Å². The first-order valence-electron chi connectivity index (χ1n) is 6.94. The SMILES string of the molecule is CN.Nc1nc(-c2[nH]ncc2C(F)F)cc(N2CCCC2)n1. The number of nitrogen functional groups attached to an aromatic ring is 1. The van der Waals surface area contributed by atoms with Gasteiger partial charge in [0.05, 0.1) is 23.1 Å². The summed E-state index contributed by atoms with van der Waals surface area (Å²) in [4.78, 5) is 10.3. The van der Waals surface area contributed by atoms with Crippen molar-refractivity contribution < 1.29 is 8.78 Å². The van der Waals surface area contributed by atoms with Crippen LogP contribution in [0.25, 0.3) is 11.4 Å². The molecule has 0 aliphatic carbocycles. The molecule has 3 rings (SSSR count). The van der Waals surface area contributed by atoms with Crippen molar-refractivity contribution in [2.24, 2.45) is 5.73 Å². The molecule has 120 valence electrons. The van der Waals surface area contributed by atoms with Gasteiger partial charge in [0.15, 0.2) is 0 Å². The van der Waals surface area contributed by atoms with E-state index in [9.17, 15) is 8.78 Å². The Balaban J connectivity index is 0.000000847. The van der Waals surface area contributed by atoms with E-state index in [-0.39, 0.29) is 17.2 Å². The van der Waals surface area contributed by atoms with Crippen LogP contribution in [0.15, 0.2) is 12.3 Å². The van der Waals surface area contributed by atoms with Gasteiger partial charge in [-0.2, -0.15) is 10.1 Å². The van der Waals surface area contributed by atoms with Crippen LogP contribution in [0.2, 0.25) is 0 Å². The van der Waals surface area contributed by atoms with Crippen LogP contribution in [0, 0.1) is 0 Å². The summed E-state index contributed by atoms with van der Waals surface area (Å²) in [6.07, 6.45) is 0.667. The number of nitrogens with two attached hydrogens (primary N) is 2. The summed E-state index contributed by atoms with van der Waals surface area (Å²) in [5.41, 5.74) is 10.5. The van der Waals surface area contributed by atoms with Crippen molar-refractivity contribution in [2.45, 2.75) is 19.3 Å². The number of hydrogen-bond acceptors (Lipinski definition) is 6. The van der Waals surface area contributed by atoms with E-state index in [1.54, 1.807) is 6.07 Å². The number of nitrogens with zero attached hydrogens (tertiary/aromatic N) is 4. The first-order valence-corrected chi connectivity index (χ1v) is 6.94. The largest absolute Gasteiger partial charge is 0.368 e. The minimum absolute atomic E-state index is 0.0687. The number of aromatic nitrogens is 4. The Morgan fingerprint density at radius 1 is 1.23 bits per heavy atom. The lowest BCUT2D eigenvalue weighted by molar-refractivity contribution is 0.152. The summed E-state index contributed by atoms with van der Waals surface area (Å²) in [6.45, 7) is 1.78. The lowest BCUT2D eigenvalue weighted by atomic mass is 10.2. The van der Waals surface area contributed by atoms with Crippen molar-refractivity contribution in [1.82, 2.24) is 20.2 Å². The minimum Gasteiger partial charge on any atom is -0.368 e. The van der Waals surface area contributed by atoms with E-state index in [4.69, 9.17) is 5.73 Å². The zero-order valence-corrected chi connectivity index (χ0v) is 12.3. The lowest BCUT2D eigenvalue weighted by Crippen LogP contribution is -2.20. The Morgan fingerprint density at radius 3 is 2.55 bits per heavy atom. The number of rotatable bonds is 3. The number of aromatic amines is 1. The summed E-state index contributed by atoms with van der Waals surface area (Å²) in [7, 11) is 1.50. The van der Waals surface area contributed by atoms with Crippen LogP contribution in [0.4, 0.5) is 20.5 Å². The van der Waals surface area contributed by atoms with Crippen LogP contribution in [-0.2, 0) is 0 Å². The predicted molar refractivity (Wildman–Crippen MR) is 80.5 cm³/mol. The van der Waals surface area contributed by atoms with E-state index in [2.05, 4.69) is 30.8 Å². The molecule has 1 aliphatic heterocycles. The molecule has 5 N–H and O–H groups in total. The number of anilines is 2. The van der Waals surface area contributed by atoms with Crippen molar-refractivity contribution >= 4 is 11.8 Å². The average Bonchev–Trinajstić information content (AvgIpc) is 3.20. The molecule has 0 radical (unpaired) electrons. The van der Waals surface area contributed by atoms with Gasteiger partial charge in [-0.05, 0) is 19.9 Å². The number of alkyl halides is 2. The van der Waals surface area contributed by atoms with Gasteiger partial charge >= 0.3 is 0 Å². The molecule has 0 spiro atoms. The standard InChI is InChI=1S/C12H14F2N6.CH5N/c13-11(14)7-6-16-19-10(7)8-5-9(18-12(15)17-8)20-3-1-2-4-20;1-2/h5-6,11H,1-4H2,(H,16,19)(H2,15,17,18);2H2,1H3. The van der Waals surface area contributed by atoms with E-state index < -0.39 is 6.43 Å². The Kier molecular flexibility index (Phi) is 5.21. The topological polar surface area (TPSA) is 110 Å². The van der Waals surface area contributed by atoms with Gasteiger partial charge in [-0.1, -0.05) is 0 Å². The molecular formula is C13H19F2N7. The van der Waals surface area contributed by atoms with Crippen molar-refractivity contribution in [1.29, 1.82) is 0 Å². The second-order valence-electron chi connectivity index (χ2n) is 4.66. The van der Waals surface area contributed by atoms with Crippen molar-refractivity contribution in [3.05, 3.63) is 17.8 Å². The molecule has 3 heterocycles. The predicted octanol–water partition coefficient (Wildman–Crippen LogP) is 1.56. The molecule has 2 aromatic rings. The third-order valence-corrected chi connectivity index (χ3v) is 3.32. The van der Waals surface area contributed by atoms with E-state index in [1.807, 2.05) is 0 Å². The molecule has 1 aliphatic rings. The van der Waals surface area contributed by atoms with Gasteiger partial charge in [0, 0.05) is 19.2 Å². The maximum absolute atomic E-state index is 12.9. The molecule has 1 saturated heterocycles. The maximum atomic E-state index is 12.9. The molecule has 0 atom stereocenters. The van der Waals surface area contributed by atoms with Crippen LogP contribution in [-0.4, -0.2) is 40.3 Å². The lowest BCUT2D eigenvalue weighted by Gasteiger charge is -2.17. The number of H-pyrrole nitrogens is 1. The summed E-state index contributed by atoms with van der Waals surface area (Å²) < 4.78 is 25.8. The number of halogens is 2. The zero-order valence-electron chi connectivity index (χ0n) is 12.3. The highest BCUT2D eigenvalue weighted by atomic mass is 19.3. The quantitative estimate of drug-likeness (QED) is 0.793. The average molecular weight is 311 g/mol. The van der Waals surface area contributed by atoms with Gasteiger partial charge in [-0.25, -0.2) is 13.8 Å². The highest BCUT2D eigenvalue weighted by molar-refractivity contribution is 5.64. The molecule has 2 aromatic heterocycles. The summed E-state index contributed by atoms with van der Waals surface area (Å²) in [5.74, 6) is 0.735. The highest BCUT2D eigenvalue weighted by Crippen LogP contribution is 2.30. The van der Waals surface area contributed by atoms with Crippen LogP contribution >= 0.6 is 0 Å².